The Bertz CT molecular complexity index is 518. The summed E-state index contributed by atoms with van der Waals surface area (Å²) in [5.74, 6) is -1.02. The summed E-state index contributed by atoms with van der Waals surface area (Å²) in [4.78, 5) is 23.6. The molecule has 110 valence electrons. The van der Waals surface area contributed by atoms with Crippen LogP contribution in [0.15, 0.2) is 16.7 Å². The van der Waals surface area contributed by atoms with Crippen LogP contribution in [-0.4, -0.2) is 28.1 Å². The van der Waals surface area contributed by atoms with Gasteiger partial charge in [0.05, 0.1) is 5.41 Å². The number of carboxylic acids is 1. The second-order valence-corrected chi connectivity index (χ2v) is 6.22. The second-order valence-electron chi connectivity index (χ2n) is 5.30. The van der Waals surface area contributed by atoms with E-state index in [4.69, 9.17) is 0 Å². The Morgan fingerprint density at radius 1 is 1.45 bits per heavy atom. The maximum absolute atomic E-state index is 12.2. The summed E-state index contributed by atoms with van der Waals surface area (Å²) >= 11 is 3.35. The van der Waals surface area contributed by atoms with E-state index >= 15 is 0 Å². The standard InChI is InChI=1S/C14H19BrN2O3/c1-2-17-8-10(15)7-11(17)12(18)16-9-14(13(19)20)5-3-4-6-14/h7-8H,2-6,9H2,1H3,(H,16,18)(H,19,20). The Labute approximate surface area is 126 Å². The van der Waals surface area contributed by atoms with Crippen molar-refractivity contribution in [3.05, 3.63) is 22.4 Å². The monoisotopic (exact) mass is 342 g/mol. The minimum atomic E-state index is -0.803. The van der Waals surface area contributed by atoms with Crippen molar-refractivity contribution in [1.29, 1.82) is 0 Å². The van der Waals surface area contributed by atoms with Crippen LogP contribution < -0.4 is 5.32 Å². The van der Waals surface area contributed by atoms with Crippen LogP contribution in [0.1, 0.15) is 43.1 Å². The third kappa shape index (κ3) is 2.90. The smallest absolute Gasteiger partial charge is 0.311 e. The number of nitrogens with zero attached hydrogens (tertiary/aromatic N) is 1. The number of hydrogen-bond acceptors (Lipinski definition) is 2. The van der Waals surface area contributed by atoms with E-state index in [0.29, 0.717) is 25.1 Å². The number of nitrogens with one attached hydrogen (secondary N) is 1. The van der Waals surface area contributed by atoms with Gasteiger partial charge in [0, 0.05) is 23.8 Å². The lowest BCUT2D eigenvalue weighted by Gasteiger charge is -2.24. The molecular weight excluding hydrogens is 324 g/mol. The molecule has 1 saturated carbocycles. The molecule has 0 radical (unpaired) electrons. The van der Waals surface area contributed by atoms with Crippen molar-refractivity contribution in [3.8, 4) is 0 Å². The van der Waals surface area contributed by atoms with Crippen molar-refractivity contribution in [2.45, 2.75) is 39.2 Å². The topological polar surface area (TPSA) is 71.3 Å². The van der Waals surface area contributed by atoms with Crippen molar-refractivity contribution in [1.82, 2.24) is 9.88 Å². The molecule has 2 N–H and O–H groups in total. The van der Waals surface area contributed by atoms with Gasteiger partial charge in [0.2, 0.25) is 0 Å². The molecule has 0 aromatic carbocycles. The molecule has 5 nitrogen and oxygen atoms in total. The number of aryl methyl sites for hydroxylation is 1. The van der Waals surface area contributed by atoms with Gasteiger partial charge >= 0.3 is 5.97 Å². The van der Waals surface area contributed by atoms with E-state index in [2.05, 4.69) is 21.2 Å². The quantitative estimate of drug-likeness (QED) is 0.863. The zero-order chi connectivity index (χ0) is 14.8. The van der Waals surface area contributed by atoms with E-state index in [1.54, 1.807) is 6.07 Å². The minimum absolute atomic E-state index is 0.202. The van der Waals surface area contributed by atoms with Crippen LogP contribution in [0, 0.1) is 5.41 Å². The van der Waals surface area contributed by atoms with E-state index < -0.39 is 11.4 Å². The van der Waals surface area contributed by atoms with Crippen LogP contribution >= 0.6 is 15.9 Å². The largest absolute Gasteiger partial charge is 0.481 e. The molecule has 0 aliphatic heterocycles. The third-order valence-corrected chi connectivity index (χ3v) is 4.47. The van der Waals surface area contributed by atoms with Gasteiger partial charge in [-0.25, -0.2) is 0 Å². The molecule has 0 bridgehead atoms. The fourth-order valence-electron chi connectivity index (χ4n) is 2.78. The van der Waals surface area contributed by atoms with E-state index in [1.807, 2.05) is 17.7 Å². The number of aromatic nitrogens is 1. The Kier molecular flexibility index (Phi) is 4.52. The van der Waals surface area contributed by atoms with Crippen LogP contribution in [0.5, 0.6) is 0 Å². The summed E-state index contributed by atoms with van der Waals surface area (Å²) in [7, 11) is 0. The number of carbonyl (C=O) groups is 2. The number of carboxylic acid groups (broad SMARTS) is 1. The molecule has 1 aliphatic carbocycles. The molecule has 1 amide bonds. The van der Waals surface area contributed by atoms with E-state index in [9.17, 15) is 14.7 Å². The molecule has 1 aromatic heterocycles. The van der Waals surface area contributed by atoms with Gasteiger partial charge in [-0.05, 0) is 41.8 Å². The second kappa shape index (κ2) is 5.99. The SMILES string of the molecule is CCn1cc(Br)cc1C(=O)NCC1(C(=O)O)CCCC1. The first-order chi connectivity index (χ1) is 9.48. The molecular formula is C14H19BrN2O3. The molecule has 1 aliphatic rings. The Morgan fingerprint density at radius 3 is 2.65 bits per heavy atom. The Hall–Kier alpha value is -1.30. The number of aliphatic carboxylic acids is 1. The summed E-state index contributed by atoms with van der Waals surface area (Å²) in [6.45, 7) is 2.85. The van der Waals surface area contributed by atoms with Crippen LogP contribution in [0.25, 0.3) is 0 Å². The zero-order valence-electron chi connectivity index (χ0n) is 11.5. The third-order valence-electron chi connectivity index (χ3n) is 4.04. The van der Waals surface area contributed by atoms with Crippen LogP contribution in [0.3, 0.4) is 0 Å². The summed E-state index contributed by atoms with van der Waals surface area (Å²) in [6.07, 6.45) is 4.96. The molecule has 2 rings (SSSR count). The van der Waals surface area contributed by atoms with Crippen molar-refractivity contribution >= 4 is 27.8 Å². The highest BCUT2D eigenvalue weighted by Gasteiger charge is 2.41. The van der Waals surface area contributed by atoms with Crippen molar-refractivity contribution in [2.75, 3.05) is 6.54 Å². The minimum Gasteiger partial charge on any atom is -0.481 e. The van der Waals surface area contributed by atoms with Gasteiger partial charge in [0.1, 0.15) is 5.69 Å². The van der Waals surface area contributed by atoms with Crippen molar-refractivity contribution in [3.63, 3.8) is 0 Å². The summed E-state index contributed by atoms with van der Waals surface area (Å²) in [5, 5.41) is 12.2. The van der Waals surface area contributed by atoms with Crippen molar-refractivity contribution < 1.29 is 14.7 Å². The van der Waals surface area contributed by atoms with Crippen molar-refractivity contribution in [2.24, 2.45) is 5.41 Å². The normalized spacial score (nSPS) is 17.1. The Morgan fingerprint density at radius 2 is 2.10 bits per heavy atom. The maximum atomic E-state index is 12.2. The molecule has 0 saturated heterocycles. The molecule has 0 spiro atoms. The summed E-state index contributed by atoms with van der Waals surface area (Å²) in [5.41, 5.74) is -0.228. The van der Waals surface area contributed by atoms with Gasteiger partial charge in [0.25, 0.3) is 5.91 Å². The predicted molar refractivity (Wildman–Crippen MR) is 78.7 cm³/mol. The average molecular weight is 343 g/mol. The molecule has 1 fully saturated rings. The lowest BCUT2D eigenvalue weighted by atomic mass is 9.86. The van der Waals surface area contributed by atoms with E-state index in [0.717, 1.165) is 17.3 Å². The first-order valence-electron chi connectivity index (χ1n) is 6.86. The van der Waals surface area contributed by atoms with Crippen LogP contribution in [-0.2, 0) is 11.3 Å². The fourth-order valence-corrected chi connectivity index (χ4v) is 3.25. The predicted octanol–water partition coefficient (Wildman–Crippen LogP) is 2.65. The lowest BCUT2D eigenvalue weighted by molar-refractivity contribution is -0.148. The summed E-state index contributed by atoms with van der Waals surface area (Å²) in [6, 6.07) is 1.75. The van der Waals surface area contributed by atoms with Crippen LogP contribution in [0.2, 0.25) is 0 Å². The van der Waals surface area contributed by atoms with Gasteiger partial charge in [-0.3, -0.25) is 9.59 Å². The number of hydrogen-bond donors (Lipinski definition) is 2. The first-order valence-corrected chi connectivity index (χ1v) is 7.65. The summed E-state index contributed by atoms with van der Waals surface area (Å²) < 4.78 is 2.68. The van der Waals surface area contributed by atoms with E-state index in [1.165, 1.54) is 0 Å². The maximum Gasteiger partial charge on any atom is 0.311 e. The zero-order valence-corrected chi connectivity index (χ0v) is 13.1. The fraction of sp³-hybridized carbons (Fsp3) is 0.571. The number of halogens is 1. The number of carbonyl (C=O) groups excluding carboxylic acids is 1. The van der Waals surface area contributed by atoms with Gasteiger partial charge < -0.3 is 15.0 Å². The van der Waals surface area contributed by atoms with Gasteiger partial charge in [0.15, 0.2) is 0 Å². The van der Waals surface area contributed by atoms with Gasteiger partial charge in [-0.1, -0.05) is 12.8 Å². The number of amides is 1. The lowest BCUT2D eigenvalue weighted by Crippen LogP contribution is -2.41. The highest BCUT2D eigenvalue weighted by Crippen LogP contribution is 2.37. The van der Waals surface area contributed by atoms with Gasteiger partial charge in [-0.2, -0.15) is 0 Å². The average Bonchev–Trinajstić information content (AvgIpc) is 3.03. The first kappa shape index (κ1) is 15.1. The van der Waals surface area contributed by atoms with E-state index in [-0.39, 0.29) is 12.5 Å². The Balaban J connectivity index is 2.06. The molecule has 6 heteroatoms. The van der Waals surface area contributed by atoms with Crippen LogP contribution in [0.4, 0.5) is 0 Å². The molecule has 0 atom stereocenters. The highest BCUT2D eigenvalue weighted by molar-refractivity contribution is 9.10. The molecule has 1 aromatic rings. The number of rotatable bonds is 5. The molecule has 20 heavy (non-hydrogen) atoms. The highest BCUT2D eigenvalue weighted by atomic mass is 79.9. The molecule has 0 unspecified atom stereocenters. The molecule has 1 heterocycles. The van der Waals surface area contributed by atoms with Gasteiger partial charge in [-0.15, -0.1) is 0 Å².